The van der Waals surface area contributed by atoms with Gasteiger partial charge in [0.15, 0.2) is 6.61 Å². The standard InChI is InChI=1S/C22H21N3O4/c23-15-18(22(27)24-19-4-2-1-3-5-19)14-17-6-8-20(9-7-17)29-16-21(26)25-10-12-28-13-11-25/h1-9,14H,10-13,16H2,(H,24,27)/b18-14-. The summed E-state index contributed by atoms with van der Waals surface area (Å²) in [6.45, 7) is 2.21. The van der Waals surface area contributed by atoms with Crippen molar-refractivity contribution in [2.45, 2.75) is 0 Å². The minimum atomic E-state index is -0.477. The SMILES string of the molecule is N#C/C(=C/c1ccc(OCC(=O)N2CCOCC2)cc1)C(=O)Nc1ccccc1. The van der Waals surface area contributed by atoms with E-state index in [1.54, 1.807) is 53.4 Å². The topological polar surface area (TPSA) is 91.7 Å². The van der Waals surface area contributed by atoms with Gasteiger partial charge in [0.25, 0.3) is 11.8 Å². The lowest BCUT2D eigenvalue weighted by Crippen LogP contribution is -2.42. The Morgan fingerprint density at radius 3 is 2.45 bits per heavy atom. The average molecular weight is 391 g/mol. The molecule has 0 spiro atoms. The van der Waals surface area contributed by atoms with Gasteiger partial charge in [-0.15, -0.1) is 0 Å². The summed E-state index contributed by atoms with van der Waals surface area (Å²) in [5.41, 5.74) is 1.29. The largest absolute Gasteiger partial charge is 0.484 e. The van der Waals surface area contributed by atoms with E-state index in [4.69, 9.17) is 9.47 Å². The predicted octanol–water partition coefficient (Wildman–Crippen LogP) is 2.47. The van der Waals surface area contributed by atoms with Gasteiger partial charge in [0.05, 0.1) is 13.2 Å². The predicted molar refractivity (Wildman–Crippen MR) is 108 cm³/mol. The van der Waals surface area contributed by atoms with Gasteiger partial charge in [-0.3, -0.25) is 9.59 Å². The van der Waals surface area contributed by atoms with Crippen LogP contribution in [0, 0.1) is 11.3 Å². The number of carbonyl (C=O) groups is 2. The van der Waals surface area contributed by atoms with Crippen molar-refractivity contribution in [1.82, 2.24) is 4.90 Å². The lowest BCUT2D eigenvalue weighted by molar-refractivity contribution is -0.137. The van der Waals surface area contributed by atoms with E-state index in [2.05, 4.69) is 5.32 Å². The van der Waals surface area contributed by atoms with Crippen LogP contribution < -0.4 is 10.1 Å². The lowest BCUT2D eigenvalue weighted by atomic mass is 10.1. The van der Waals surface area contributed by atoms with Crippen LogP contribution in [0.3, 0.4) is 0 Å². The fraction of sp³-hybridized carbons (Fsp3) is 0.227. The number of hydrogen-bond acceptors (Lipinski definition) is 5. The molecule has 0 aliphatic carbocycles. The van der Waals surface area contributed by atoms with Gasteiger partial charge < -0.3 is 19.7 Å². The Kier molecular flexibility index (Phi) is 6.98. The lowest BCUT2D eigenvalue weighted by Gasteiger charge is -2.26. The van der Waals surface area contributed by atoms with E-state index >= 15 is 0 Å². The number of benzene rings is 2. The van der Waals surface area contributed by atoms with E-state index in [1.807, 2.05) is 12.1 Å². The molecule has 3 rings (SSSR count). The molecular weight excluding hydrogens is 370 g/mol. The zero-order valence-corrected chi connectivity index (χ0v) is 15.8. The van der Waals surface area contributed by atoms with Crippen molar-refractivity contribution in [3.8, 4) is 11.8 Å². The molecule has 1 heterocycles. The van der Waals surface area contributed by atoms with Gasteiger partial charge in [-0.05, 0) is 35.9 Å². The van der Waals surface area contributed by atoms with E-state index in [0.29, 0.717) is 43.3 Å². The van der Waals surface area contributed by atoms with Crippen LogP contribution in [-0.2, 0) is 14.3 Å². The summed E-state index contributed by atoms with van der Waals surface area (Å²) >= 11 is 0. The summed E-state index contributed by atoms with van der Waals surface area (Å²) in [7, 11) is 0. The number of morpholine rings is 1. The zero-order chi connectivity index (χ0) is 20.5. The van der Waals surface area contributed by atoms with Crippen LogP contribution >= 0.6 is 0 Å². The first-order valence-corrected chi connectivity index (χ1v) is 9.22. The highest BCUT2D eigenvalue weighted by Gasteiger charge is 2.17. The third-order valence-corrected chi connectivity index (χ3v) is 4.31. The number of hydrogen-bond donors (Lipinski definition) is 1. The number of carbonyl (C=O) groups excluding carboxylic acids is 2. The minimum absolute atomic E-state index is 0.00924. The molecule has 2 aromatic carbocycles. The number of rotatable bonds is 6. The molecular formula is C22H21N3O4. The molecule has 0 aromatic heterocycles. The van der Waals surface area contributed by atoms with Gasteiger partial charge in [0, 0.05) is 18.8 Å². The Hall–Kier alpha value is -3.63. The maximum atomic E-state index is 12.3. The maximum Gasteiger partial charge on any atom is 0.266 e. The van der Waals surface area contributed by atoms with E-state index < -0.39 is 5.91 Å². The number of para-hydroxylation sites is 1. The molecule has 0 unspecified atom stereocenters. The molecule has 0 atom stereocenters. The van der Waals surface area contributed by atoms with Crippen LogP contribution in [0.4, 0.5) is 5.69 Å². The molecule has 1 aliphatic rings. The molecule has 1 N–H and O–H groups in total. The first-order chi connectivity index (χ1) is 14.2. The second-order valence-electron chi connectivity index (χ2n) is 6.34. The number of nitriles is 1. The third kappa shape index (κ3) is 5.92. The molecule has 1 aliphatic heterocycles. The van der Waals surface area contributed by atoms with Gasteiger partial charge in [0.2, 0.25) is 0 Å². The van der Waals surface area contributed by atoms with Crippen molar-refractivity contribution >= 4 is 23.6 Å². The van der Waals surface area contributed by atoms with Gasteiger partial charge in [-0.25, -0.2) is 0 Å². The van der Waals surface area contributed by atoms with Crippen LogP contribution in [0.5, 0.6) is 5.75 Å². The Balaban J connectivity index is 1.57. The highest BCUT2D eigenvalue weighted by Crippen LogP contribution is 2.16. The van der Waals surface area contributed by atoms with Crippen LogP contribution in [-0.4, -0.2) is 49.6 Å². The molecule has 0 saturated carbocycles. The molecule has 0 radical (unpaired) electrons. The van der Waals surface area contributed by atoms with Crippen molar-refractivity contribution < 1.29 is 19.1 Å². The molecule has 1 fully saturated rings. The monoisotopic (exact) mass is 391 g/mol. The summed E-state index contributed by atoms with van der Waals surface area (Å²) in [6, 6.07) is 17.7. The molecule has 2 aromatic rings. The normalized spacial score (nSPS) is 14.0. The smallest absolute Gasteiger partial charge is 0.266 e. The fourth-order valence-electron chi connectivity index (χ4n) is 2.74. The third-order valence-electron chi connectivity index (χ3n) is 4.31. The van der Waals surface area contributed by atoms with E-state index in [0.717, 1.165) is 0 Å². The molecule has 1 saturated heterocycles. The van der Waals surface area contributed by atoms with Gasteiger partial charge in [-0.2, -0.15) is 5.26 Å². The first kappa shape index (κ1) is 20.1. The van der Waals surface area contributed by atoms with Gasteiger partial charge in [-0.1, -0.05) is 30.3 Å². The van der Waals surface area contributed by atoms with Crippen LogP contribution in [0.2, 0.25) is 0 Å². The maximum absolute atomic E-state index is 12.3. The van der Waals surface area contributed by atoms with Crippen LogP contribution in [0.15, 0.2) is 60.2 Å². The average Bonchev–Trinajstić information content (AvgIpc) is 2.77. The molecule has 29 heavy (non-hydrogen) atoms. The Morgan fingerprint density at radius 2 is 1.79 bits per heavy atom. The van der Waals surface area contributed by atoms with Crippen LogP contribution in [0.25, 0.3) is 6.08 Å². The highest BCUT2D eigenvalue weighted by atomic mass is 16.5. The van der Waals surface area contributed by atoms with Crippen LogP contribution in [0.1, 0.15) is 5.56 Å². The van der Waals surface area contributed by atoms with Gasteiger partial charge >= 0.3 is 0 Å². The molecule has 7 heteroatoms. The fourth-order valence-corrected chi connectivity index (χ4v) is 2.74. The van der Waals surface area contributed by atoms with E-state index in [-0.39, 0.29) is 18.1 Å². The quantitative estimate of drug-likeness (QED) is 0.603. The summed E-state index contributed by atoms with van der Waals surface area (Å²) in [4.78, 5) is 26.1. The van der Waals surface area contributed by atoms with Crippen molar-refractivity contribution in [2.75, 3.05) is 38.2 Å². The number of ether oxygens (including phenoxy) is 2. The van der Waals surface area contributed by atoms with E-state index in [9.17, 15) is 14.9 Å². The Bertz CT molecular complexity index is 911. The van der Waals surface area contributed by atoms with Crippen molar-refractivity contribution in [3.05, 3.63) is 65.7 Å². The molecule has 7 nitrogen and oxygen atoms in total. The highest BCUT2D eigenvalue weighted by molar-refractivity contribution is 6.09. The Labute approximate surface area is 169 Å². The minimum Gasteiger partial charge on any atom is -0.484 e. The van der Waals surface area contributed by atoms with Crippen molar-refractivity contribution in [3.63, 3.8) is 0 Å². The van der Waals surface area contributed by atoms with E-state index in [1.165, 1.54) is 6.08 Å². The number of nitrogens with zero attached hydrogens (tertiary/aromatic N) is 2. The summed E-state index contributed by atoms with van der Waals surface area (Å²) in [5, 5.41) is 12.0. The molecule has 148 valence electrons. The summed E-state index contributed by atoms with van der Waals surface area (Å²) in [6.07, 6.45) is 1.50. The summed E-state index contributed by atoms with van der Waals surface area (Å²) < 4.78 is 10.8. The molecule has 0 bridgehead atoms. The molecule has 2 amide bonds. The van der Waals surface area contributed by atoms with Gasteiger partial charge in [0.1, 0.15) is 17.4 Å². The van der Waals surface area contributed by atoms with Crippen molar-refractivity contribution in [2.24, 2.45) is 0 Å². The zero-order valence-electron chi connectivity index (χ0n) is 15.8. The number of amides is 2. The number of anilines is 1. The first-order valence-electron chi connectivity index (χ1n) is 9.22. The second-order valence-corrected chi connectivity index (χ2v) is 6.34. The summed E-state index contributed by atoms with van der Waals surface area (Å²) in [5.74, 6) is -0.0206. The van der Waals surface area contributed by atoms with Crippen molar-refractivity contribution in [1.29, 1.82) is 5.26 Å². The Morgan fingerprint density at radius 1 is 1.10 bits per heavy atom. The number of nitrogens with one attached hydrogen (secondary N) is 1. The second kappa shape index (κ2) is 10.1.